The van der Waals surface area contributed by atoms with Gasteiger partial charge in [-0.25, -0.2) is 13.4 Å². The van der Waals surface area contributed by atoms with Crippen molar-refractivity contribution >= 4 is 27.1 Å². The van der Waals surface area contributed by atoms with Crippen LogP contribution in [0, 0.1) is 0 Å². The van der Waals surface area contributed by atoms with Gasteiger partial charge >= 0.3 is 0 Å². The maximum absolute atomic E-state index is 13.6. The number of carbonyl (C=O) groups excluding carboxylic acids is 1. The molecule has 1 unspecified atom stereocenters. The third-order valence-electron chi connectivity index (χ3n) is 6.22. The first-order chi connectivity index (χ1) is 15.5. The fourth-order valence-electron chi connectivity index (χ4n) is 4.46. The molecule has 0 bridgehead atoms. The second-order valence-corrected chi connectivity index (χ2v) is 11.5. The minimum absolute atomic E-state index is 0.00206. The van der Waals surface area contributed by atoms with Gasteiger partial charge in [-0.3, -0.25) is 9.69 Å². The lowest BCUT2D eigenvalue weighted by Crippen LogP contribution is -2.52. The van der Waals surface area contributed by atoms with Crippen molar-refractivity contribution in [3.05, 3.63) is 65.5 Å². The van der Waals surface area contributed by atoms with Gasteiger partial charge in [0.1, 0.15) is 9.88 Å². The fraction of sp³-hybridized carbons (Fsp3) is 0.333. The number of hydrogen-bond acceptors (Lipinski definition) is 6. The minimum Gasteiger partial charge on any atom is -0.335 e. The van der Waals surface area contributed by atoms with Crippen molar-refractivity contribution in [1.82, 2.24) is 14.8 Å². The number of aromatic nitrogens is 1. The molecule has 6 nitrogen and oxygen atoms in total. The summed E-state index contributed by atoms with van der Waals surface area (Å²) in [6.07, 6.45) is 0.698. The van der Waals surface area contributed by atoms with Crippen molar-refractivity contribution in [2.45, 2.75) is 12.5 Å². The molecule has 0 saturated carbocycles. The molecular formula is C24H25N3O3S2. The molecule has 2 aliphatic heterocycles. The Morgan fingerprint density at radius 3 is 2.12 bits per heavy atom. The number of benzene rings is 2. The van der Waals surface area contributed by atoms with Crippen LogP contribution in [0.1, 0.15) is 16.1 Å². The van der Waals surface area contributed by atoms with E-state index < -0.39 is 9.84 Å². The van der Waals surface area contributed by atoms with Crippen LogP contribution in [0.15, 0.2) is 60.7 Å². The molecule has 0 radical (unpaired) electrons. The highest BCUT2D eigenvalue weighted by Crippen LogP contribution is 2.35. The summed E-state index contributed by atoms with van der Waals surface area (Å²) in [7, 11) is -2.91. The van der Waals surface area contributed by atoms with Crippen LogP contribution >= 0.6 is 11.3 Å². The molecular weight excluding hydrogens is 442 g/mol. The topological polar surface area (TPSA) is 70.6 Å². The van der Waals surface area contributed by atoms with Gasteiger partial charge in [-0.15, -0.1) is 11.3 Å². The first-order valence-electron chi connectivity index (χ1n) is 10.9. The van der Waals surface area contributed by atoms with Crippen LogP contribution in [0.2, 0.25) is 0 Å². The SMILES string of the molecule is O=C(c1sc(-c2ccccc2)nc1-c1ccccc1)N1CCN(C2CCS(=O)(=O)C2)CC1. The van der Waals surface area contributed by atoms with E-state index in [1.165, 1.54) is 11.3 Å². The summed E-state index contributed by atoms with van der Waals surface area (Å²) in [5.74, 6) is 0.525. The van der Waals surface area contributed by atoms with Crippen molar-refractivity contribution in [3.63, 3.8) is 0 Å². The van der Waals surface area contributed by atoms with Gasteiger partial charge in [-0.05, 0) is 6.42 Å². The maximum Gasteiger partial charge on any atom is 0.266 e. The van der Waals surface area contributed by atoms with Crippen molar-refractivity contribution in [1.29, 1.82) is 0 Å². The van der Waals surface area contributed by atoms with Gasteiger partial charge < -0.3 is 4.90 Å². The first kappa shape index (κ1) is 21.3. The molecule has 8 heteroatoms. The average Bonchev–Trinajstić information content (AvgIpc) is 3.43. The van der Waals surface area contributed by atoms with Crippen LogP contribution in [-0.2, 0) is 9.84 Å². The van der Waals surface area contributed by atoms with E-state index in [0.717, 1.165) is 21.8 Å². The Hall–Kier alpha value is -2.55. The van der Waals surface area contributed by atoms with Gasteiger partial charge in [0.2, 0.25) is 0 Å². The molecule has 2 fully saturated rings. The number of thiazole rings is 1. The molecule has 166 valence electrons. The molecule has 3 aromatic rings. The van der Waals surface area contributed by atoms with E-state index >= 15 is 0 Å². The zero-order valence-corrected chi connectivity index (χ0v) is 19.3. The minimum atomic E-state index is -2.91. The lowest BCUT2D eigenvalue weighted by Gasteiger charge is -2.37. The van der Waals surface area contributed by atoms with E-state index in [0.29, 0.717) is 37.5 Å². The Labute approximate surface area is 192 Å². The molecule has 0 aliphatic carbocycles. The quantitative estimate of drug-likeness (QED) is 0.588. The summed E-state index contributed by atoms with van der Waals surface area (Å²) in [5, 5.41) is 0.836. The molecule has 1 aromatic heterocycles. The van der Waals surface area contributed by atoms with E-state index in [1.807, 2.05) is 65.6 Å². The van der Waals surface area contributed by atoms with Gasteiger partial charge in [0.15, 0.2) is 9.84 Å². The predicted octanol–water partition coefficient (Wildman–Crippen LogP) is 3.42. The number of hydrogen-bond donors (Lipinski definition) is 0. The lowest BCUT2D eigenvalue weighted by atomic mass is 10.1. The molecule has 2 saturated heterocycles. The normalized spacial score (nSPS) is 21.0. The van der Waals surface area contributed by atoms with Gasteiger partial charge in [0, 0.05) is 43.3 Å². The molecule has 2 aromatic carbocycles. The molecule has 0 N–H and O–H groups in total. The Balaban J connectivity index is 1.38. The van der Waals surface area contributed by atoms with Gasteiger partial charge in [0.25, 0.3) is 5.91 Å². The zero-order chi connectivity index (χ0) is 22.1. The second kappa shape index (κ2) is 8.77. The summed E-state index contributed by atoms with van der Waals surface area (Å²) >= 11 is 1.44. The van der Waals surface area contributed by atoms with Gasteiger partial charge in [-0.2, -0.15) is 0 Å². The van der Waals surface area contributed by atoms with Crippen LogP contribution in [-0.4, -0.2) is 72.8 Å². The van der Waals surface area contributed by atoms with Crippen molar-refractivity contribution < 1.29 is 13.2 Å². The number of rotatable bonds is 4. The predicted molar refractivity (Wildman–Crippen MR) is 128 cm³/mol. The van der Waals surface area contributed by atoms with Crippen LogP contribution in [0.4, 0.5) is 0 Å². The molecule has 1 amide bonds. The third-order valence-corrected chi connectivity index (χ3v) is 9.06. The zero-order valence-electron chi connectivity index (χ0n) is 17.7. The molecule has 3 heterocycles. The first-order valence-corrected chi connectivity index (χ1v) is 13.5. The van der Waals surface area contributed by atoms with E-state index in [4.69, 9.17) is 4.98 Å². The van der Waals surface area contributed by atoms with Crippen molar-refractivity contribution in [3.8, 4) is 21.8 Å². The highest BCUT2D eigenvalue weighted by molar-refractivity contribution is 7.91. The highest BCUT2D eigenvalue weighted by atomic mass is 32.2. The summed E-state index contributed by atoms with van der Waals surface area (Å²) < 4.78 is 23.7. The number of sulfone groups is 1. The molecule has 2 aliphatic rings. The smallest absolute Gasteiger partial charge is 0.266 e. The molecule has 32 heavy (non-hydrogen) atoms. The van der Waals surface area contributed by atoms with E-state index in [-0.39, 0.29) is 23.5 Å². The third kappa shape index (κ3) is 4.35. The monoisotopic (exact) mass is 467 g/mol. The van der Waals surface area contributed by atoms with Gasteiger partial charge in [-0.1, -0.05) is 60.7 Å². The lowest BCUT2D eigenvalue weighted by molar-refractivity contribution is 0.0593. The summed E-state index contributed by atoms with van der Waals surface area (Å²) in [5.41, 5.74) is 2.66. The average molecular weight is 468 g/mol. The second-order valence-electron chi connectivity index (χ2n) is 8.31. The Kier molecular flexibility index (Phi) is 5.84. The van der Waals surface area contributed by atoms with Gasteiger partial charge in [0.05, 0.1) is 17.2 Å². The van der Waals surface area contributed by atoms with Crippen LogP contribution in [0.3, 0.4) is 0 Å². The van der Waals surface area contributed by atoms with Crippen LogP contribution in [0.5, 0.6) is 0 Å². The number of carbonyl (C=O) groups is 1. The highest BCUT2D eigenvalue weighted by Gasteiger charge is 2.35. The maximum atomic E-state index is 13.6. The van der Waals surface area contributed by atoms with Crippen LogP contribution < -0.4 is 0 Å². The van der Waals surface area contributed by atoms with E-state index in [2.05, 4.69) is 4.90 Å². The number of piperazine rings is 1. The number of amides is 1. The largest absolute Gasteiger partial charge is 0.335 e. The van der Waals surface area contributed by atoms with Crippen molar-refractivity contribution in [2.24, 2.45) is 0 Å². The summed E-state index contributed by atoms with van der Waals surface area (Å²) in [4.78, 5) is 23.2. The standard InChI is InChI=1S/C24H25N3O3S2/c28-24(27-14-12-26(13-15-27)20-11-16-32(29,30)17-20)22-21(18-7-3-1-4-8-18)25-23(31-22)19-9-5-2-6-10-19/h1-10,20H,11-17H2. The Morgan fingerprint density at radius 2 is 1.53 bits per heavy atom. The van der Waals surface area contributed by atoms with Crippen LogP contribution in [0.25, 0.3) is 21.8 Å². The van der Waals surface area contributed by atoms with Crippen molar-refractivity contribution in [2.75, 3.05) is 37.7 Å². The number of nitrogens with zero attached hydrogens (tertiary/aromatic N) is 3. The molecule has 5 rings (SSSR count). The Morgan fingerprint density at radius 1 is 0.906 bits per heavy atom. The van der Waals surface area contributed by atoms with E-state index in [9.17, 15) is 13.2 Å². The van der Waals surface area contributed by atoms with E-state index in [1.54, 1.807) is 0 Å². The summed E-state index contributed by atoms with van der Waals surface area (Å²) in [6.45, 7) is 2.61. The molecule has 0 spiro atoms. The fourth-order valence-corrected chi connectivity index (χ4v) is 7.28. The summed E-state index contributed by atoms with van der Waals surface area (Å²) in [6, 6.07) is 19.9. The molecule has 1 atom stereocenters. The Bertz CT molecular complexity index is 1200.